The number of aliphatic hydroxyl groups is 2. The molecule has 0 aromatic carbocycles. The van der Waals surface area contributed by atoms with Gasteiger partial charge in [0.1, 0.15) is 30.5 Å². The molecule has 0 bridgehead atoms. The van der Waals surface area contributed by atoms with E-state index in [9.17, 15) is 10.2 Å². The van der Waals surface area contributed by atoms with Crippen LogP contribution in [0, 0.1) is 112 Å². The predicted molar refractivity (Wildman–Crippen MR) is 126 cm³/mol. The molecular formula is C26H46Ac2O9. The Morgan fingerprint density at radius 3 is 1.95 bits per heavy atom. The number of rotatable bonds is 5. The number of fused-ring (bicyclic) bond motifs is 1. The normalized spacial score (nSPS) is 52.4. The number of hydrogen-bond acceptors (Lipinski definition) is 9. The van der Waals surface area contributed by atoms with Gasteiger partial charge in [-0.05, 0) is 39.0 Å². The van der Waals surface area contributed by atoms with Crippen LogP contribution in [0.15, 0.2) is 0 Å². The van der Waals surface area contributed by atoms with Crippen LogP contribution in [0.5, 0.6) is 0 Å². The number of aliphatic hydroxyl groups excluding tert-OH is 2. The molecule has 9 nitrogen and oxygen atoms in total. The Morgan fingerprint density at radius 1 is 0.676 bits per heavy atom. The summed E-state index contributed by atoms with van der Waals surface area (Å²) in [5, 5.41) is 21.3. The monoisotopic (exact) mass is 956 g/mol. The van der Waals surface area contributed by atoms with Crippen molar-refractivity contribution in [2.45, 2.75) is 136 Å². The van der Waals surface area contributed by atoms with Gasteiger partial charge in [0.05, 0.1) is 31.0 Å². The summed E-state index contributed by atoms with van der Waals surface area (Å²) in [7, 11) is 0. The summed E-state index contributed by atoms with van der Waals surface area (Å²) >= 11 is 0. The van der Waals surface area contributed by atoms with Crippen molar-refractivity contribution in [2.24, 2.45) is 23.7 Å². The summed E-state index contributed by atoms with van der Waals surface area (Å²) in [4.78, 5) is 0. The molecule has 0 amide bonds. The van der Waals surface area contributed by atoms with E-state index >= 15 is 0 Å². The first kappa shape index (κ1) is 35.7. The van der Waals surface area contributed by atoms with E-state index in [1.165, 1.54) is 0 Å². The smallest absolute Gasteiger partial charge is 0.163 e. The van der Waals surface area contributed by atoms with Crippen LogP contribution in [0.4, 0.5) is 0 Å². The van der Waals surface area contributed by atoms with Crippen molar-refractivity contribution in [3.63, 3.8) is 0 Å². The van der Waals surface area contributed by atoms with Crippen LogP contribution in [-0.2, 0) is 33.2 Å². The molecule has 0 saturated carbocycles. The minimum atomic E-state index is -1.08. The number of ether oxygens (including phenoxy) is 7. The third-order valence-electron chi connectivity index (χ3n) is 8.88. The summed E-state index contributed by atoms with van der Waals surface area (Å²) in [5.74, 6) is 0.858. The van der Waals surface area contributed by atoms with Crippen molar-refractivity contribution in [1.82, 2.24) is 0 Å². The average Bonchev–Trinajstić information content (AvgIpc) is 2.83. The maximum Gasteiger partial charge on any atom is 0.163 e. The second-order valence-corrected chi connectivity index (χ2v) is 11.2. The van der Waals surface area contributed by atoms with Crippen molar-refractivity contribution < 1.29 is 131 Å². The molecule has 0 spiro atoms. The van der Waals surface area contributed by atoms with Crippen LogP contribution in [-0.4, -0.2) is 90.6 Å². The Balaban J connectivity index is 0.00000241. The summed E-state index contributed by atoms with van der Waals surface area (Å²) in [6, 6.07) is 0. The van der Waals surface area contributed by atoms with Gasteiger partial charge < -0.3 is 43.4 Å². The molecule has 2 radical (unpaired) electrons. The summed E-state index contributed by atoms with van der Waals surface area (Å²) in [6.07, 6.45) is -5.51. The van der Waals surface area contributed by atoms with Gasteiger partial charge >= 0.3 is 0 Å². The molecule has 16 atom stereocenters. The van der Waals surface area contributed by atoms with Crippen LogP contribution < -0.4 is 0 Å². The Morgan fingerprint density at radius 2 is 1.30 bits per heavy atom. The van der Waals surface area contributed by atoms with Crippen molar-refractivity contribution in [2.75, 3.05) is 6.61 Å². The third kappa shape index (κ3) is 7.73. The van der Waals surface area contributed by atoms with E-state index in [0.717, 1.165) is 0 Å². The van der Waals surface area contributed by atoms with Gasteiger partial charge in [-0.2, -0.15) is 0 Å². The Hall–Kier alpha value is 2.52. The first-order chi connectivity index (χ1) is 16.5. The van der Waals surface area contributed by atoms with Crippen LogP contribution in [0.2, 0.25) is 0 Å². The molecule has 4 fully saturated rings. The molecule has 0 aliphatic carbocycles. The molecule has 16 unspecified atom stereocenters. The molecule has 4 saturated heterocycles. The maximum absolute atomic E-state index is 10.8. The van der Waals surface area contributed by atoms with Gasteiger partial charge in [-0.25, -0.2) is 0 Å². The fourth-order valence-corrected chi connectivity index (χ4v) is 5.89. The fraction of sp³-hybridized carbons (Fsp3) is 1.00. The van der Waals surface area contributed by atoms with Crippen LogP contribution in [0.25, 0.3) is 0 Å². The Labute approximate surface area is 293 Å². The minimum Gasteiger partial charge on any atom is -0.388 e. The van der Waals surface area contributed by atoms with Gasteiger partial charge in [0.15, 0.2) is 18.9 Å². The van der Waals surface area contributed by atoms with Crippen molar-refractivity contribution in [1.29, 1.82) is 0 Å². The average molecular weight is 957 g/mol. The molecule has 210 valence electrons. The molecular weight excluding hydrogens is 910 g/mol. The molecule has 4 aliphatic heterocycles. The second kappa shape index (κ2) is 15.3. The van der Waals surface area contributed by atoms with E-state index in [1.54, 1.807) is 6.92 Å². The van der Waals surface area contributed by atoms with E-state index in [-0.39, 0.29) is 137 Å². The fourth-order valence-electron chi connectivity index (χ4n) is 5.89. The molecule has 4 heterocycles. The van der Waals surface area contributed by atoms with Crippen LogP contribution in [0.3, 0.4) is 0 Å². The van der Waals surface area contributed by atoms with Gasteiger partial charge in [0.2, 0.25) is 0 Å². The zero-order valence-electron chi connectivity index (χ0n) is 23.6. The van der Waals surface area contributed by atoms with Crippen molar-refractivity contribution >= 4 is 0 Å². The van der Waals surface area contributed by atoms with Crippen LogP contribution >= 0.6 is 0 Å². The molecule has 0 aromatic rings. The zero-order chi connectivity index (χ0) is 25.6. The topological polar surface area (TPSA) is 105 Å². The first-order valence-electron chi connectivity index (χ1n) is 13.4. The van der Waals surface area contributed by atoms with Crippen LogP contribution in [0.1, 0.15) is 61.8 Å². The van der Waals surface area contributed by atoms with Crippen molar-refractivity contribution in [3.8, 4) is 0 Å². The predicted octanol–water partition coefficient (Wildman–Crippen LogP) is 2.45. The standard InChI is InChI=1S/C26H46O9.2Ac/c1-9-18-23(21(28)20(27)16(7)30-18)35-26-14(5)22(24-19(33-26)10-29-17(8)32-24)34-25-13(4)11(2)12(3)15(6)31-25;;/h11-28H,9-10H2,1-8H3;;. The molecule has 0 aromatic heterocycles. The Bertz CT molecular complexity index is 703. The van der Waals surface area contributed by atoms with E-state index < -0.39 is 36.8 Å². The zero-order valence-corrected chi connectivity index (χ0v) is 33.0. The minimum absolute atomic E-state index is 0. The number of hydrogen-bond donors (Lipinski definition) is 2. The Kier molecular flexibility index (Phi) is 14.8. The van der Waals surface area contributed by atoms with E-state index in [0.29, 0.717) is 24.9 Å². The second-order valence-electron chi connectivity index (χ2n) is 11.2. The van der Waals surface area contributed by atoms with Gasteiger partial charge in [-0.1, -0.05) is 34.6 Å². The summed E-state index contributed by atoms with van der Waals surface area (Å²) in [6.45, 7) is 16.7. The van der Waals surface area contributed by atoms with E-state index in [1.807, 2.05) is 20.8 Å². The molecule has 11 heteroatoms. The SMILES string of the molecule is CCC1OC(C)C(O)C(O)C1OC1OC2COC(C)OC2C(OC2OC(C)C(C)C(C)C2C)C1C.[Ac].[Ac]. The quantitative estimate of drug-likeness (QED) is 0.431. The van der Waals surface area contributed by atoms with Gasteiger partial charge in [0, 0.05) is 100.0 Å². The molecule has 37 heavy (non-hydrogen) atoms. The summed E-state index contributed by atoms with van der Waals surface area (Å²) < 4.78 is 43.5. The first-order valence-corrected chi connectivity index (χ1v) is 13.4. The van der Waals surface area contributed by atoms with E-state index in [4.69, 9.17) is 33.2 Å². The summed E-state index contributed by atoms with van der Waals surface area (Å²) in [5.41, 5.74) is 0. The largest absolute Gasteiger partial charge is 0.388 e. The third-order valence-corrected chi connectivity index (χ3v) is 8.88. The van der Waals surface area contributed by atoms with Gasteiger partial charge in [-0.3, -0.25) is 0 Å². The molecule has 4 aliphatic rings. The van der Waals surface area contributed by atoms with Crippen molar-refractivity contribution in [3.05, 3.63) is 0 Å². The van der Waals surface area contributed by atoms with Gasteiger partial charge in [0.25, 0.3) is 0 Å². The molecule has 2 N–H and O–H groups in total. The van der Waals surface area contributed by atoms with E-state index in [2.05, 4.69) is 27.7 Å². The van der Waals surface area contributed by atoms with Gasteiger partial charge in [-0.15, -0.1) is 0 Å². The maximum atomic E-state index is 10.8. The molecule has 4 rings (SSSR count).